The molecule has 2 N–H and O–H groups in total. The molecule has 1 aliphatic carbocycles. The average Bonchev–Trinajstić information content (AvgIpc) is 3.17. The van der Waals surface area contributed by atoms with Crippen molar-refractivity contribution >= 4 is 15.9 Å². The van der Waals surface area contributed by atoms with Crippen molar-refractivity contribution in [1.29, 1.82) is 0 Å². The molecule has 1 aliphatic rings. The van der Waals surface area contributed by atoms with Crippen molar-refractivity contribution in [3.63, 3.8) is 0 Å². The number of nitrogens with zero attached hydrogens (tertiary/aromatic N) is 3. The van der Waals surface area contributed by atoms with Gasteiger partial charge in [-0.1, -0.05) is 6.92 Å². The summed E-state index contributed by atoms with van der Waals surface area (Å²) in [4.78, 5) is 0. The Morgan fingerprint density at radius 2 is 2.19 bits per heavy atom. The Morgan fingerprint density at radius 1 is 1.43 bits per heavy atom. The molecule has 4 nitrogen and oxygen atoms in total. The standard InChI is InChI=1S/C16H23BrN4/c1-3-13-15(17)14(21(4-2)19-13)10-20-8-7-12(9-20)16(18)11-5-6-11/h7-9,11,16H,3-6,10,18H2,1-2H3. The smallest absolute Gasteiger partial charge is 0.0767 e. The van der Waals surface area contributed by atoms with Crippen molar-refractivity contribution in [2.45, 2.75) is 52.2 Å². The zero-order chi connectivity index (χ0) is 15.0. The molecular weight excluding hydrogens is 328 g/mol. The molecule has 1 saturated carbocycles. The molecule has 3 rings (SSSR count). The van der Waals surface area contributed by atoms with E-state index < -0.39 is 0 Å². The number of hydrogen-bond acceptors (Lipinski definition) is 2. The molecular formula is C16H23BrN4. The third-order valence-electron chi connectivity index (χ3n) is 4.31. The lowest BCUT2D eigenvalue weighted by Gasteiger charge is -2.09. The summed E-state index contributed by atoms with van der Waals surface area (Å²) in [6.45, 7) is 5.99. The molecule has 114 valence electrons. The molecule has 2 aromatic rings. The van der Waals surface area contributed by atoms with Crippen molar-refractivity contribution in [2.24, 2.45) is 11.7 Å². The second-order valence-electron chi connectivity index (χ2n) is 5.86. The fourth-order valence-corrected chi connectivity index (χ4v) is 3.51. The van der Waals surface area contributed by atoms with Gasteiger partial charge in [-0.3, -0.25) is 4.68 Å². The van der Waals surface area contributed by atoms with Gasteiger partial charge in [0.15, 0.2) is 0 Å². The van der Waals surface area contributed by atoms with Gasteiger partial charge in [0, 0.05) is 25.0 Å². The normalized spacial score (nSPS) is 16.4. The first-order chi connectivity index (χ1) is 10.1. The lowest BCUT2D eigenvalue weighted by Crippen LogP contribution is -2.12. The Hall–Kier alpha value is -1.07. The monoisotopic (exact) mass is 350 g/mol. The van der Waals surface area contributed by atoms with E-state index in [-0.39, 0.29) is 6.04 Å². The maximum Gasteiger partial charge on any atom is 0.0767 e. The predicted octanol–water partition coefficient (Wildman–Crippen LogP) is 3.49. The Bertz CT molecular complexity index is 624. The second-order valence-corrected chi connectivity index (χ2v) is 6.65. The van der Waals surface area contributed by atoms with Gasteiger partial charge in [0.05, 0.1) is 22.4 Å². The highest BCUT2D eigenvalue weighted by Crippen LogP contribution is 2.39. The highest BCUT2D eigenvalue weighted by atomic mass is 79.9. The van der Waals surface area contributed by atoms with Crippen molar-refractivity contribution in [3.8, 4) is 0 Å². The Balaban J connectivity index is 1.81. The summed E-state index contributed by atoms with van der Waals surface area (Å²) in [6.07, 6.45) is 7.82. The number of hydrogen-bond donors (Lipinski definition) is 1. The molecule has 2 aromatic heterocycles. The maximum absolute atomic E-state index is 6.28. The van der Waals surface area contributed by atoms with Gasteiger partial charge in [-0.15, -0.1) is 0 Å². The number of aryl methyl sites for hydroxylation is 2. The summed E-state index contributed by atoms with van der Waals surface area (Å²) in [5.41, 5.74) is 9.90. The molecule has 0 radical (unpaired) electrons. The van der Waals surface area contributed by atoms with Crippen molar-refractivity contribution < 1.29 is 0 Å². The zero-order valence-electron chi connectivity index (χ0n) is 12.7. The first kappa shape index (κ1) is 14.9. The summed E-state index contributed by atoms with van der Waals surface area (Å²) in [5, 5.41) is 4.65. The minimum absolute atomic E-state index is 0.206. The van der Waals surface area contributed by atoms with Crippen LogP contribution in [0.3, 0.4) is 0 Å². The van der Waals surface area contributed by atoms with E-state index in [4.69, 9.17) is 5.73 Å². The summed E-state index contributed by atoms with van der Waals surface area (Å²) >= 11 is 3.71. The van der Waals surface area contributed by atoms with E-state index >= 15 is 0 Å². The Morgan fingerprint density at radius 3 is 2.81 bits per heavy atom. The van der Waals surface area contributed by atoms with Gasteiger partial charge in [-0.2, -0.15) is 5.10 Å². The first-order valence-corrected chi connectivity index (χ1v) is 8.58. The Kier molecular flexibility index (Phi) is 4.22. The van der Waals surface area contributed by atoms with Crippen LogP contribution in [0.4, 0.5) is 0 Å². The maximum atomic E-state index is 6.28. The average molecular weight is 351 g/mol. The molecule has 0 amide bonds. The molecule has 1 atom stereocenters. The van der Waals surface area contributed by atoms with E-state index in [0.717, 1.165) is 29.7 Å². The minimum Gasteiger partial charge on any atom is -0.348 e. The van der Waals surface area contributed by atoms with Gasteiger partial charge in [0.1, 0.15) is 0 Å². The van der Waals surface area contributed by atoms with E-state index in [1.54, 1.807) is 0 Å². The van der Waals surface area contributed by atoms with Crippen LogP contribution in [0, 0.1) is 5.92 Å². The van der Waals surface area contributed by atoms with Crippen LogP contribution in [-0.2, 0) is 19.5 Å². The molecule has 0 aromatic carbocycles. The largest absolute Gasteiger partial charge is 0.348 e. The van der Waals surface area contributed by atoms with Crippen molar-refractivity contribution in [1.82, 2.24) is 14.3 Å². The van der Waals surface area contributed by atoms with Gasteiger partial charge >= 0.3 is 0 Å². The van der Waals surface area contributed by atoms with Crippen LogP contribution >= 0.6 is 15.9 Å². The van der Waals surface area contributed by atoms with E-state index in [2.05, 4.69) is 62.6 Å². The topological polar surface area (TPSA) is 48.8 Å². The number of aromatic nitrogens is 3. The van der Waals surface area contributed by atoms with Gasteiger partial charge in [0.25, 0.3) is 0 Å². The Labute approximate surface area is 134 Å². The third-order valence-corrected chi connectivity index (χ3v) is 5.23. The fraction of sp³-hybridized carbons (Fsp3) is 0.562. The van der Waals surface area contributed by atoms with Crippen LogP contribution in [0.15, 0.2) is 22.9 Å². The minimum atomic E-state index is 0.206. The van der Waals surface area contributed by atoms with Crippen LogP contribution in [0.2, 0.25) is 0 Å². The van der Waals surface area contributed by atoms with Gasteiger partial charge in [0.2, 0.25) is 0 Å². The van der Waals surface area contributed by atoms with E-state index in [1.165, 1.54) is 24.1 Å². The van der Waals surface area contributed by atoms with Crippen LogP contribution in [-0.4, -0.2) is 14.3 Å². The van der Waals surface area contributed by atoms with Crippen molar-refractivity contribution in [2.75, 3.05) is 0 Å². The van der Waals surface area contributed by atoms with Crippen molar-refractivity contribution in [3.05, 3.63) is 39.9 Å². The van der Waals surface area contributed by atoms with Crippen LogP contribution in [0.5, 0.6) is 0 Å². The second kappa shape index (κ2) is 5.97. The molecule has 2 heterocycles. The summed E-state index contributed by atoms with van der Waals surface area (Å²) < 4.78 is 5.45. The van der Waals surface area contributed by atoms with Crippen LogP contribution in [0.25, 0.3) is 0 Å². The summed E-state index contributed by atoms with van der Waals surface area (Å²) in [5.74, 6) is 0.695. The van der Waals surface area contributed by atoms with Crippen LogP contribution < -0.4 is 5.73 Å². The summed E-state index contributed by atoms with van der Waals surface area (Å²) in [7, 11) is 0. The number of nitrogens with two attached hydrogens (primary N) is 1. The third kappa shape index (κ3) is 2.94. The highest BCUT2D eigenvalue weighted by Gasteiger charge is 2.29. The molecule has 0 spiro atoms. The number of halogens is 1. The first-order valence-electron chi connectivity index (χ1n) is 7.79. The fourth-order valence-electron chi connectivity index (χ4n) is 2.82. The van der Waals surface area contributed by atoms with E-state index in [0.29, 0.717) is 5.92 Å². The molecule has 5 heteroatoms. The lowest BCUT2D eigenvalue weighted by atomic mass is 10.1. The van der Waals surface area contributed by atoms with Gasteiger partial charge in [-0.05, 0) is 59.7 Å². The van der Waals surface area contributed by atoms with Crippen LogP contribution in [0.1, 0.15) is 49.7 Å². The predicted molar refractivity (Wildman–Crippen MR) is 88.2 cm³/mol. The zero-order valence-corrected chi connectivity index (χ0v) is 14.3. The molecule has 0 saturated heterocycles. The SMILES string of the molecule is CCc1nn(CC)c(Cn2ccc(C(N)C3CC3)c2)c1Br. The molecule has 1 unspecified atom stereocenters. The highest BCUT2D eigenvalue weighted by molar-refractivity contribution is 9.10. The van der Waals surface area contributed by atoms with E-state index in [1.807, 2.05) is 0 Å². The molecule has 0 aliphatic heterocycles. The quantitative estimate of drug-likeness (QED) is 0.866. The van der Waals surface area contributed by atoms with Gasteiger partial charge < -0.3 is 10.3 Å². The summed E-state index contributed by atoms with van der Waals surface area (Å²) in [6, 6.07) is 2.36. The molecule has 1 fully saturated rings. The van der Waals surface area contributed by atoms with E-state index in [9.17, 15) is 0 Å². The van der Waals surface area contributed by atoms with Gasteiger partial charge in [-0.25, -0.2) is 0 Å². The molecule has 0 bridgehead atoms. The number of rotatable bonds is 6. The lowest BCUT2D eigenvalue weighted by molar-refractivity contribution is 0.592. The molecule has 21 heavy (non-hydrogen) atoms.